The maximum atomic E-state index is 13.7. The summed E-state index contributed by atoms with van der Waals surface area (Å²) in [5.74, 6) is 0.213. The Bertz CT molecular complexity index is 4770. The average molecular weight is 2010 g/mol. The number of benzene rings is 1. The lowest BCUT2D eigenvalue weighted by atomic mass is 9.89. The third-order valence-corrected chi connectivity index (χ3v) is 26.4. The van der Waals surface area contributed by atoms with Gasteiger partial charge in [0.15, 0.2) is 0 Å². The molecular weight excluding hydrogens is 1850 g/mol. The van der Waals surface area contributed by atoms with Crippen LogP contribution in [0.5, 0.6) is 0 Å². The van der Waals surface area contributed by atoms with E-state index in [4.69, 9.17) is 61.6 Å². The van der Waals surface area contributed by atoms with E-state index in [0.29, 0.717) is 102 Å². The second kappa shape index (κ2) is 56.4. The zero-order chi connectivity index (χ0) is 106. The number of methoxy groups -OCH3 is 2. The standard InChI is InChI=1S/C13H18N2O3.C13H15NO2.C12H15FN2O2.C11H20N2O2.C11H14N2O2.3C9H17NO3.C9H17NO2.C8H15NO2/c1-4-14-7-5-6-10(12(14)16)11-8-18-13(17)15(11)9(2)3;1-8(2)14-12-10-6-4-3-5-9(10)7-11(12)16-13(14)15;1-7(2)15-10(6-17-12(15)16)11-9(13)5-4-8(3)14-11;1-8(2)13-10(7-15-11(13)14)9-3-5-12-6-4-9;1-8(2)13-10(7-15-11(13)14)9-5-3-4-6-12-9;1-7(2)10-8(11)13-6-9(10,3)5-12-4;1-6(2)10-8(7(3)12-4)5-13-9(10)11;1-4-12-5-8-6-13-9(11)10(8)7(2)3;1-4-5-8-6-12-9(11)10(8)7(2)3;1-4-7-5-11-8(10)9(7)6(2)3/h5-7,9,11H,4,8H2,1-3H3;3-6,8,11-12H,7H2,1-2H3;4-5,7,10H,6H2,1-3H3;8-10,12H,3-7H2,1-2H3;3-6,8,10H,7H2,1-2H3;7H,5-6H2,1-4H3;6-8H,5H2,1-4H3;7-8H,4-6H2,1-3H3;7-8H,4-6H2,1-3H3;6-7H,4-5H2,1-3H3. The summed E-state index contributed by atoms with van der Waals surface area (Å²) in [5, 5.41) is 3.35. The number of nitrogens with one attached hydrogen (secondary N) is 1. The summed E-state index contributed by atoms with van der Waals surface area (Å²) in [6.45, 7) is 61.7. The van der Waals surface area contributed by atoms with Crippen LogP contribution in [0.4, 0.5) is 52.3 Å². The summed E-state index contributed by atoms with van der Waals surface area (Å²) in [6, 6.07) is 22.6. The molecule has 12 unspecified atom stereocenters. The number of hydrogen-bond acceptors (Lipinski definition) is 27. The van der Waals surface area contributed by atoms with Crippen molar-refractivity contribution in [3.8, 4) is 0 Å². The Morgan fingerprint density at radius 2 is 0.937 bits per heavy atom. The molecule has 12 aliphatic rings. The normalized spacial score (nSPS) is 23.8. The number of fused-ring (bicyclic) bond motifs is 3. The zero-order valence-electron chi connectivity index (χ0n) is 90.0. The van der Waals surface area contributed by atoms with Crippen molar-refractivity contribution in [2.75, 3.05) is 107 Å². The molecule has 0 bridgehead atoms. The van der Waals surface area contributed by atoms with Gasteiger partial charge < -0.3 is 71.5 Å². The SMILES string of the molecule is CC(C)N1C(=O)OC2Cc3ccccc3C21.CC(C)N1C(=O)OCC1C1CCNCC1.CC(C)N1C(=O)OCC1c1ccccn1.CCC1COC(=O)N1C(C)C.CCCC1COC(=O)N1C(C)C.CCOCC1COC(=O)N1C(C)C.CCn1cccc(C2COC(=O)N2C(C)C)c1=O.COC(C)C1COC(=O)N1C(C)C.COCC1(C)COC(=O)N1C(C)C.Cc1ccc(F)c(C2COC(=O)N2C(C)C)n1. The Balaban J connectivity index is 0.000000216. The number of pyridine rings is 3. The van der Waals surface area contributed by atoms with Crippen molar-refractivity contribution in [2.24, 2.45) is 5.92 Å². The summed E-state index contributed by atoms with van der Waals surface area (Å²) in [7, 11) is 3.28. The van der Waals surface area contributed by atoms with Crippen LogP contribution in [0, 0.1) is 18.7 Å². The van der Waals surface area contributed by atoms with Crippen LogP contribution in [-0.4, -0.2) is 339 Å². The van der Waals surface area contributed by atoms with Gasteiger partial charge in [0.1, 0.15) is 101 Å². The van der Waals surface area contributed by atoms with E-state index in [1.165, 1.54) is 22.1 Å². The highest BCUT2D eigenvalue weighted by atomic mass is 19.1. The van der Waals surface area contributed by atoms with E-state index in [0.717, 1.165) is 63.0 Å². The molecule has 11 saturated heterocycles. The van der Waals surface area contributed by atoms with Gasteiger partial charge in [-0.3, -0.25) is 63.8 Å². The summed E-state index contributed by atoms with van der Waals surface area (Å²) in [4.78, 5) is 152. The van der Waals surface area contributed by atoms with Gasteiger partial charge in [0.05, 0.1) is 61.3 Å². The molecule has 10 amide bonds. The number of halogens is 1. The first kappa shape index (κ1) is 119. The van der Waals surface area contributed by atoms with Crippen molar-refractivity contribution >= 4 is 60.9 Å². The fourth-order valence-corrected chi connectivity index (χ4v) is 19.5. The van der Waals surface area contributed by atoms with Gasteiger partial charge >= 0.3 is 60.9 Å². The molecule has 11 fully saturated rings. The van der Waals surface area contributed by atoms with Crippen LogP contribution < -0.4 is 10.9 Å². The predicted octanol–water partition coefficient (Wildman–Crippen LogP) is 17.3. The maximum absolute atomic E-state index is 13.7. The van der Waals surface area contributed by atoms with Crippen molar-refractivity contribution in [2.45, 2.75) is 365 Å². The molecule has 3 aromatic heterocycles. The number of carbonyl (C=O) groups is 10. The van der Waals surface area contributed by atoms with Gasteiger partial charge in [0, 0.05) is 118 Å². The molecule has 14 heterocycles. The lowest BCUT2D eigenvalue weighted by molar-refractivity contribution is 0.0462. The summed E-state index contributed by atoms with van der Waals surface area (Å²) < 4.78 is 81.4. The molecule has 802 valence electrons. The van der Waals surface area contributed by atoms with E-state index in [9.17, 15) is 57.1 Å². The molecule has 0 spiro atoms. The minimum absolute atomic E-state index is 0.0136. The smallest absolute Gasteiger partial charge is 0.411 e. The number of aryl methyl sites for hydroxylation is 2. The van der Waals surface area contributed by atoms with Gasteiger partial charge in [-0.1, -0.05) is 50.6 Å². The molecule has 1 N–H and O–H groups in total. The highest BCUT2D eigenvalue weighted by molar-refractivity contribution is 5.76. The second-order valence-corrected chi connectivity index (χ2v) is 40.0. The van der Waals surface area contributed by atoms with Crippen molar-refractivity contribution in [3.05, 3.63) is 129 Å². The van der Waals surface area contributed by atoms with Crippen molar-refractivity contribution in [1.82, 2.24) is 68.9 Å². The van der Waals surface area contributed by atoms with E-state index in [1.807, 2.05) is 203 Å². The molecule has 143 heavy (non-hydrogen) atoms. The fourth-order valence-electron chi connectivity index (χ4n) is 19.5. The fraction of sp³-hybridized carbons (Fsp3) is 0.702. The number of amides is 10. The maximum Gasteiger partial charge on any atom is 0.411 e. The molecular formula is C104H165FN14O24. The second-order valence-electron chi connectivity index (χ2n) is 40.0. The van der Waals surface area contributed by atoms with Crippen LogP contribution in [0.2, 0.25) is 0 Å². The summed E-state index contributed by atoms with van der Waals surface area (Å²) >= 11 is 0. The summed E-state index contributed by atoms with van der Waals surface area (Å²) in [5.41, 5.74) is 4.74. The number of nitrogens with zero attached hydrogens (tertiary/aromatic N) is 13. The topological polar surface area (TPSA) is 383 Å². The Labute approximate surface area is 845 Å². The van der Waals surface area contributed by atoms with Gasteiger partial charge in [-0.05, 0) is 265 Å². The Kier molecular flexibility index (Phi) is 46.9. The minimum Gasteiger partial charge on any atom is -0.447 e. The highest BCUT2D eigenvalue weighted by Crippen LogP contribution is 2.44. The molecule has 12 atom stereocenters. The van der Waals surface area contributed by atoms with Gasteiger partial charge in [0.2, 0.25) is 0 Å². The number of aromatic nitrogens is 3. The lowest BCUT2D eigenvalue weighted by Crippen LogP contribution is -2.51. The number of cyclic esters (lactones) is 9. The number of ether oxygens (including phenoxy) is 13. The Morgan fingerprint density at radius 1 is 0.469 bits per heavy atom. The van der Waals surface area contributed by atoms with Crippen LogP contribution >= 0.6 is 0 Å². The van der Waals surface area contributed by atoms with Crippen molar-refractivity contribution < 1.29 is 114 Å². The number of rotatable bonds is 25. The molecule has 11 aliphatic heterocycles. The molecule has 4 aromatic rings. The lowest BCUT2D eigenvalue weighted by Gasteiger charge is -2.34. The molecule has 1 aliphatic carbocycles. The van der Waals surface area contributed by atoms with E-state index < -0.39 is 18.0 Å². The van der Waals surface area contributed by atoms with Crippen molar-refractivity contribution in [3.63, 3.8) is 0 Å². The third-order valence-electron chi connectivity index (χ3n) is 26.4. The van der Waals surface area contributed by atoms with Gasteiger partial charge in [-0.25, -0.2) is 52.3 Å². The van der Waals surface area contributed by atoms with E-state index in [1.54, 1.807) is 79.6 Å². The molecule has 1 aromatic carbocycles. The first-order chi connectivity index (χ1) is 67.7. The Morgan fingerprint density at radius 3 is 1.45 bits per heavy atom. The molecule has 0 radical (unpaired) electrons. The van der Waals surface area contributed by atoms with E-state index >= 15 is 0 Å². The van der Waals surface area contributed by atoms with E-state index in [2.05, 4.69) is 55.1 Å². The molecule has 0 saturated carbocycles. The van der Waals surface area contributed by atoms with E-state index in [-0.39, 0.29) is 188 Å². The van der Waals surface area contributed by atoms with Crippen LogP contribution in [0.3, 0.4) is 0 Å². The average Bonchev–Trinajstić information content (AvgIpc) is 1.60. The van der Waals surface area contributed by atoms with Gasteiger partial charge in [-0.2, -0.15) is 0 Å². The number of carbonyl (C=O) groups excluding carboxylic acids is 10. The van der Waals surface area contributed by atoms with Crippen LogP contribution in [-0.2, 0) is 74.5 Å². The first-order valence-corrected chi connectivity index (χ1v) is 50.9. The minimum atomic E-state index is -0.428. The first-order valence-electron chi connectivity index (χ1n) is 50.9. The zero-order valence-corrected chi connectivity index (χ0v) is 90.0. The predicted molar refractivity (Wildman–Crippen MR) is 536 cm³/mol. The molecule has 39 heteroatoms. The highest BCUT2D eigenvalue weighted by Gasteiger charge is 2.51. The molecule has 16 rings (SSSR count). The number of piperidine rings is 1. The van der Waals surface area contributed by atoms with Crippen molar-refractivity contribution in [1.29, 1.82) is 0 Å². The third kappa shape index (κ3) is 31.2. The number of hydrogen-bond donors (Lipinski definition) is 1. The monoisotopic (exact) mass is 2010 g/mol. The Hall–Kier alpha value is -11.1. The van der Waals surface area contributed by atoms with Gasteiger partial charge in [0.25, 0.3) is 5.56 Å². The molecule has 38 nitrogen and oxygen atoms in total. The quantitative estimate of drug-likeness (QED) is 0.0602. The van der Waals surface area contributed by atoms with Crippen LogP contribution in [0.25, 0.3) is 0 Å². The largest absolute Gasteiger partial charge is 0.447 e. The van der Waals surface area contributed by atoms with Gasteiger partial charge in [-0.15, -0.1) is 0 Å². The van der Waals surface area contributed by atoms with Crippen LogP contribution in [0.1, 0.15) is 270 Å². The van der Waals surface area contributed by atoms with Crippen LogP contribution in [0.15, 0.2) is 83.9 Å². The summed E-state index contributed by atoms with van der Waals surface area (Å²) in [6.07, 6.45) is 7.51.